The number of halogens is 1. The Kier molecular flexibility index (Phi) is 3.20. The van der Waals surface area contributed by atoms with Crippen molar-refractivity contribution in [1.82, 2.24) is 4.57 Å². The van der Waals surface area contributed by atoms with Gasteiger partial charge in [0.05, 0.1) is 6.10 Å². The molecule has 0 saturated carbocycles. The fourth-order valence-electron chi connectivity index (χ4n) is 2.30. The van der Waals surface area contributed by atoms with Gasteiger partial charge in [-0.2, -0.15) is 0 Å². The summed E-state index contributed by atoms with van der Waals surface area (Å²) in [5.74, 6) is 0.00315. The van der Waals surface area contributed by atoms with E-state index in [9.17, 15) is 9.50 Å². The van der Waals surface area contributed by atoms with Crippen LogP contribution >= 0.6 is 0 Å². The molecule has 2 rings (SSSR count). The number of fused-ring (bicyclic) bond motifs is 1. The average molecular weight is 235 g/mol. The molecule has 1 heterocycles. The van der Waals surface area contributed by atoms with E-state index in [-0.39, 0.29) is 11.7 Å². The van der Waals surface area contributed by atoms with E-state index in [1.807, 2.05) is 30.7 Å². The predicted octanol–water partition coefficient (Wildman–Crippen LogP) is 3.28. The fraction of sp³-hybridized carbons (Fsp3) is 0.429. The number of nitrogens with zero attached hydrogens (tertiary/aromatic N) is 1. The molecule has 0 aliphatic carbocycles. The van der Waals surface area contributed by atoms with Crippen molar-refractivity contribution in [2.75, 3.05) is 0 Å². The Balaban J connectivity index is 2.60. The highest BCUT2D eigenvalue weighted by atomic mass is 19.1. The number of benzene rings is 1. The largest absolute Gasteiger partial charge is 0.392 e. The molecule has 17 heavy (non-hydrogen) atoms. The Hall–Kier alpha value is -1.35. The monoisotopic (exact) mass is 235 g/mol. The molecule has 0 fully saturated rings. The first-order valence-corrected chi connectivity index (χ1v) is 5.96. The molecule has 1 N–H and O–H groups in total. The molecule has 0 unspecified atom stereocenters. The van der Waals surface area contributed by atoms with Crippen LogP contribution in [0.15, 0.2) is 24.4 Å². The van der Waals surface area contributed by atoms with Gasteiger partial charge >= 0.3 is 0 Å². The van der Waals surface area contributed by atoms with Crippen molar-refractivity contribution in [3.63, 3.8) is 0 Å². The minimum absolute atomic E-state index is 0.151. The molecule has 1 aromatic carbocycles. The van der Waals surface area contributed by atoms with Gasteiger partial charge < -0.3 is 9.67 Å². The standard InChI is InChI=1S/C14H18FNO/c1-9(2)14-11-6-7-16(8-10(3)17)13(11)5-4-12(14)15/h4-7,9-10,17H,8H2,1-3H3/t10-/m1/s1. The summed E-state index contributed by atoms with van der Waals surface area (Å²) in [4.78, 5) is 0. The van der Waals surface area contributed by atoms with Crippen LogP contribution in [0.25, 0.3) is 10.9 Å². The van der Waals surface area contributed by atoms with Gasteiger partial charge in [-0.1, -0.05) is 13.8 Å². The average Bonchev–Trinajstić information content (AvgIpc) is 2.59. The van der Waals surface area contributed by atoms with Crippen molar-refractivity contribution in [3.05, 3.63) is 35.8 Å². The summed E-state index contributed by atoms with van der Waals surface area (Å²) in [6, 6.07) is 5.21. The van der Waals surface area contributed by atoms with Gasteiger partial charge in [0, 0.05) is 23.6 Å². The summed E-state index contributed by atoms with van der Waals surface area (Å²) in [6.45, 7) is 6.26. The van der Waals surface area contributed by atoms with Gasteiger partial charge in [-0.05, 0) is 36.6 Å². The van der Waals surface area contributed by atoms with E-state index in [4.69, 9.17) is 0 Å². The number of aromatic nitrogens is 1. The Morgan fingerprint density at radius 1 is 1.24 bits per heavy atom. The van der Waals surface area contributed by atoms with Crippen molar-refractivity contribution in [2.24, 2.45) is 0 Å². The summed E-state index contributed by atoms with van der Waals surface area (Å²) in [6.07, 6.45) is 1.50. The lowest BCUT2D eigenvalue weighted by Gasteiger charge is -2.11. The molecule has 1 atom stereocenters. The Morgan fingerprint density at radius 3 is 2.53 bits per heavy atom. The second kappa shape index (κ2) is 4.49. The SMILES string of the molecule is CC(C)c1c(F)ccc2c1ccn2C[C@@H](C)O. The molecule has 2 nitrogen and oxygen atoms in total. The molecule has 0 radical (unpaired) electrons. The van der Waals surface area contributed by atoms with Crippen LogP contribution in [0.5, 0.6) is 0 Å². The van der Waals surface area contributed by atoms with E-state index < -0.39 is 6.10 Å². The van der Waals surface area contributed by atoms with E-state index >= 15 is 0 Å². The molecule has 1 aromatic heterocycles. The zero-order valence-electron chi connectivity index (χ0n) is 10.4. The minimum atomic E-state index is -0.404. The Morgan fingerprint density at radius 2 is 1.94 bits per heavy atom. The highest BCUT2D eigenvalue weighted by Gasteiger charge is 2.13. The second-order valence-electron chi connectivity index (χ2n) is 4.87. The molecule has 92 valence electrons. The van der Waals surface area contributed by atoms with Crippen LogP contribution in [-0.4, -0.2) is 15.8 Å². The van der Waals surface area contributed by atoms with Gasteiger partial charge in [0.1, 0.15) is 5.82 Å². The van der Waals surface area contributed by atoms with Crippen LogP contribution in [0.3, 0.4) is 0 Å². The van der Waals surface area contributed by atoms with Crippen molar-refractivity contribution in [2.45, 2.75) is 39.3 Å². The summed E-state index contributed by atoms with van der Waals surface area (Å²) in [7, 11) is 0. The Bertz CT molecular complexity index is 528. The van der Waals surface area contributed by atoms with Gasteiger partial charge in [-0.25, -0.2) is 4.39 Å². The first-order chi connectivity index (χ1) is 8.00. The first-order valence-electron chi connectivity index (χ1n) is 5.96. The smallest absolute Gasteiger partial charge is 0.127 e. The highest BCUT2D eigenvalue weighted by molar-refractivity contribution is 5.84. The van der Waals surface area contributed by atoms with Crippen molar-refractivity contribution in [1.29, 1.82) is 0 Å². The van der Waals surface area contributed by atoms with Crippen LogP contribution in [0.2, 0.25) is 0 Å². The third-order valence-electron chi connectivity index (χ3n) is 2.98. The number of aliphatic hydroxyl groups is 1. The van der Waals surface area contributed by atoms with E-state index in [0.29, 0.717) is 6.54 Å². The quantitative estimate of drug-likeness (QED) is 0.867. The molecular formula is C14H18FNO. The molecule has 0 aliphatic heterocycles. The molecule has 0 aliphatic rings. The third kappa shape index (κ3) is 2.20. The topological polar surface area (TPSA) is 25.2 Å². The van der Waals surface area contributed by atoms with Crippen LogP contribution in [0, 0.1) is 5.82 Å². The van der Waals surface area contributed by atoms with Crippen LogP contribution in [-0.2, 0) is 6.54 Å². The highest BCUT2D eigenvalue weighted by Crippen LogP contribution is 2.29. The molecule has 3 heteroatoms. The molecule has 0 bridgehead atoms. The van der Waals surface area contributed by atoms with Gasteiger partial charge in [0.15, 0.2) is 0 Å². The first kappa shape index (κ1) is 12.1. The number of hydrogen-bond donors (Lipinski definition) is 1. The number of rotatable bonds is 3. The maximum atomic E-state index is 13.8. The summed E-state index contributed by atoms with van der Waals surface area (Å²) in [5.41, 5.74) is 1.74. The molecule has 2 aromatic rings. The second-order valence-corrected chi connectivity index (χ2v) is 4.87. The van der Waals surface area contributed by atoms with Crippen molar-refractivity contribution >= 4 is 10.9 Å². The molecule has 0 saturated heterocycles. The molecular weight excluding hydrogens is 217 g/mol. The third-order valence-corrected chi connectivity index (χ3v) is 2.98. The molecule has 0 spiro atoms. The van der Waals surface area contributed by atoms with Crippen molar-refractivity contribution < 1.29 is 9.50 Å². The zero-order valence-corrected chi connectivity index (χ0v) is 10.4. The fourth-order valence-corrected chi connectivity index (χ4v) is 2.30. The van der Waals surface area contributed by atoms with E-state index in [1.165, 1.54) is 6.07 Å². The lowest BCUT2D eigenvalue weighted by Crippen LogP contribution is -2.10. The van der Waals surface area contributed by atoms with Crippen LogP contribution < -0.4 is 0 Å². The maximum absolute atomic E-state index is 13.8. The van der Waals surface area contributed by atoms with E-state index in [2.05, 4.69) is 0 Å². The Labute approximate surface area is 101 Å². The van der Waals surface area contributed by atoms with Gasteiger partial charge in [-0.15, -0.1) is 0 Å². The number of aliphatic hydroxyl groups excluding tert-OH is 1. The number of hydrogen-bond acceptors (Lipinski definition) is 1. The van der Waals surface area contributed by atoms with Crippen LogP contribution in [0.1, 0.15) is 32.3 Å². The molecule has 0 amide bonds. The van der Waals surface area contributed by atoms with Gasteiger partial charge in [0.2, 0.25) is 0 Å². The van der Waals surface area contributed by atoms with Gasteiger partial charge in [0.25, 0.3) is 0 Å². The maximum Gasteiger partial charge on any atom is 0.127 e. The minimum Gasteiger partial charge on any atom is -0.392 e. The summed E-state index contributed by atoms with van der Waals surface area (Å²) in [5, 5.41) is 10.4. The van der Waals surface area contributed by atoms with Crippen LogP contribution in [0.4, 0.5) is 4.39 Å². The normalized spacial score (nSPS) is 13.5. The van der Waals surface area contributed by atoms with E-state index in [1.54, 1.807) is 13.0 Å². The lowest BCUT2D eigenvalue weighted by molar-refractivity contribution is 0.175. The summed E-state index contributed by atoms with van der Waals surface area (Å²) >= 11 is 0. The summed E-state index contributed by atoms with van der Waals surface area (Å²) < 4.78 is 15.7. The van der Waals surface area contributed by atoms with Gasteiger partial charge in [-0.3, -0.25) is 0 Å². The lowest BCUT2D eigenvalue weighted by atomic mass is 9.99. The van der Waals surface area contributed by atoms with E-state index in [0.717, 1.165) is 16.5 Å². The van der Waals surface area contributed by atoms with Crippen molar-refractivity contribution in [3.8, 4) is 0 Å². The predicted molar refractivity (Wildman–Crippen MR) is 67.7 cm³/mol. The zero-order chi connectivity index (χ0) is 12.6.